The first-order valence-electron chi connectivity index (χ1n) is 6.35. The van der Waals surface area contributed by atoms with Gasteiger partial charge in [-0.1, -0.05) is 20.3 Å². The summed E-state index contributed by atoms with van der Waals surface area (Å²) in [7, 11) is 0. The molecule has 0 amide bonds. The predicted molar refractivity (Wildman–Crippen MR) is 66.6 cm³/mol. The van der Waals surface area contributed by atoms with E-state index in [0.717, 1.165) is 43.4 Å². The van der Waals surface area contributed by atoms with Crippen LogP contribution in [0.4, 0.5) is 5.82 Å². The molecule has 0 aliphatic carbocycles. The van der Waals surface area contributed by atoms with Crippen LogP contribution in [0.2, 0.25) is 0 Å². The van der Waals surface area contributed by atoms with Gasteiger partial charge in [0.25, 0.3) is 0 Å². The molecule has 0 radical (unpaired) electrons. The summed E-state index contributed by atoms with van der Waals surface area (Å²) in [4.78, 5) is 11.3. The van der Waals surface area contributed by atoms with Crippen LogP contribution in [0.25, 0.3) is 0 Å². The van der Waals surface area contributed by atoms with Crippen LogP contribution in [0.5, 0.6) is 0 Å². The van der Waals surface area contributed by atoms with Crippen molar-refractivity contribution in [2.75, 3.05) is 18.0 Å². The average Bonchev–Trinajstić information content (AvgIpc) is 2.32. The molecule has 0 saturated carbocycles. The van der Waals surface area contributed by atoms with Gasteiger partial charge in [0.15, 0.2) is 0 Å². The topological polar surface area (TPSA) is 29.0 Å². The maximum Gasteiger partial charge on any atom is 0.147 e. The van der Waals surface area contributed by atoms with Gasteiger partial charge in [0.05, 0.1) is 18.1 Å². The number of piperidine rings is 1. The Labute approximate surface area is 97.9 Å². The fraction of sp³-hybridized carbons (Fsp3) is 0.692. The third kappa shape index (κ3) is 2.71. The van der Waals surface area contributed by atoms with Crippen molar-refractivity contribution in [3.05, 3.63) is 18.1 Å². The van der Waals surface area contributed by atoms with Crippen LogP contribution in [-0.4, -0.2) is 23.1 Å². The minimum atomic E-state index is 0.864. The molecule has 1 saturated heterocycles. The summed E-state index contributed by atoms with van der Waals surface area (Å²) < 4.78 is 0. The highest BCUT2D eigenvalue weighted by atomic mass is 15.2. The summed E-state index contributed by atoms with van der Waals surface area (Å²) in [6.45, 7) is 6.75. The molecule has 0 aromatic carbocycles. The van der Waals surface area contributed by atoms with Crippen molar-refractivity contribution in [2.24, 2.45) is 5.92 Å². The maximum absolute atomic E-state index is 4.51. The number of nitrogens with zero attached hydrogens (tertiary/aromatic N) is 3. The van der Waals surface area contributed by atoms with E-state index in [0.29, 0.717) is 0 Å². The van der Waals surface area contributed by atoms with E-state index in [4.69, 9.17) is 0 Å². The minimum absolute atomic E-state index is 0.864. The van der Waals surface area contributed by atoms with Crippen molar-refractivity contribution in [1.82, 2.24) is 9.97 Å². The number of aromatic nitrogens is 2. The number of hydrogen-bond acceptors (Lipinski definition) is 3. The Morgan fingerprint density at radius 2 is 2.00 bits per heavy atom. The first-order chi connectivity index (χ1) is 7.79. The van der Waals surface area contributed by atoms with Gasteiger partial charge in [0.1, 0.15) is 5.82 Å². The van der Waals surface area contributed by atoms with Crippen molar-refractivity contribution in [1.29, 1.82) is 0 Å². The largest absolute Gasteiger partial charge is 0.355 e. The standard InChI is InChI=1S/C13H21N3/c1-3-4-12-9-15-13(10-14-12)16-7-5-11(2)6-8-16/h9-11H,3-8H2,1-2H3. The smallest absolute Gasteiger partial charge is 0.147 e. The SMILES string of the molecule is CCCc1cnc(N2CCC(C)CC2)cn1. The molecular formula is C13H21N3. The molecular weight excluding hydrogens is 198 g/mol. The maximum atomic E-state index is 4.51. The van der Waals surface area contributed by atoms with Gasteiger partial charge in [0.2, 0.25) is 0 Å². The summed E-state index contributed by atoms with van der Waals surface area (Å²) in [5.41, 5.74) is 1.11. The Kier molecular flexibility index (Phi) is 3.75. The Morgan fingerprint density at radius 3 is 2.56 bits per heavy atom. The van der Waals surface area contributed by atoms with Gasteiger partial charge in [-0.3, -0.25) is 4.98 Å². The van der Waals surface area contributed by atoms with E-state index in [9.17, 15) is 0 Å². The van der Waals surface area contributed by atoms with Crippen molar-refractivity contribution in [3.8, 4) is 0 Å². The van der Waals surface area contributed by atoms with Crippen LogP contribution in [0.3, 0.4) is 0 Å². The molecule has 88 valence electrons. The fourth-order valence-electron chi connectivity index (χ4n) is 2.13. The van der Waals surface area contributed by atoms with Gasteiger partial charge in [0, 0.05) is 13.1 Å². The van der Waals surface area contributed by atoms with E-state index in [1.807, 2.05) is 12.4 Å². The zero-order chi connectivity index (χ0) is 11.4. The summed E-state index contributed by atoms with van der Waals surface area (Å²) >= 11 is 0. The van der Waals surface area contributed by atoms with E-state index in [1.165, 1.54) is 12.8 Å². The lowest BCUT2D eigenvalue weighted by atomic mass is 9.99. The van der Waals surface area contributed by atoms with Crippen LogP contribution in [0.1, 0.15) is 38.8 Å². The zero-order valence-electron chi connectivity index (χ0n) is 10.3. The van der Waals surface area contributed by atoms with Crippen molar-refractivity contribution in [2.45, 2.75) is 39.5 Å². The Bertz CT molecular complexity index is 312. The molecule has 1 fully saturated rings. The molecule has 2 heterocycles. The lowest BCUT2D eigenvalue weighted by molar-refractivity contribution is 0.436. The molecule has 16 heavy (non-hydrogen) atoms. The summed E-state index contributed by atoms with van der Waals surface area (Å²) in [6.07, 6.45) is 8.58. The molecule has 2 rings (SSSR count). The van der Waals surface area contributed by atoms with Crippen LogP contribution in [-0.2, 0) is 6.42 Å². The second-order valence-electron chi connectivity index (χ2n) is 4.79. The van der Waals surface area contributed by atoms with Gasteiger partial charge >= 0.3 is 0 Å². The molecule has 0 spiro atoms. The number of rotatable bonds is 3. The average molecular weight is 219 g/mol. The van der Waals surface area contributed by atoms with E-state index in [-0.39, 0.29) is 0 Å². The van der Waals surface area contributed by atoms with Crippen LogP contribution in [0.15, 0.2) is 12.4 Å². The quantitative estimate of drug-likeness (QED) is 0.782. The number of aryl methyl sites for hydroxylation is 1. The number of hydrogen-bond donors (Lipinski definition) is 0. The molecule has 1 aliphatic heterocycles. The molecule has 0 unspecified atom stereocenters. The lowest BCUT2D eigenvalue weighted by Crippen LogP contribution is -2.33. The van der Waals surface area contributed by atoms with Gasteiger partial charge < -0.3 is 4.90 Å². The molecule has 0 atom stereocenters. The lowest BCUT2D eigenvalue weighted by Gasteiger charge is -2.30. The third-order valence-corrected chi connectivity index (χ3v) is 3.31. The molecule has 1 aromatic rings. The van der Waals surface area contributed by atoms with Crippen molar-refractivity contribution >= 4 is 5.82 Å². The van der Waals surface area contributed by atoms with Crippen LogP contribution < -0.4 is 4.90 Å². The normalized spacial score (nSPS) is 17.8. The molecule has 1 aliphatic rings. The Hall–Kier alpha value is -1.12. The highest BCUT2D eigenvalue weighted by Gasteiger charge is 2.16. The molecule has 3 heteroatoms. The van der Waals surface area contributed by atoms with Crippen molar-refractivity contribution in [3.63, 3.8) is 0 Å². The van der Waals surface area contributed by atoms with Crippen LogP contribution in [0, 0.1) is 5.92 Å². The van der Waals surface area contributed by atoms with Gasteiger partial charge in [-0.15, -0.1) is 0 Å². The Balaban J connectivity index is 1.98. The first-order valence-corrected chi connectivity index (χ1v) is 6.35. The third-order valence-electron chi connectivity index (χ3n) is 3.31. The second-order valence-corrected chi connectivity index (χ2v) is 4.79. The highest BCUT2D eigenvalue weighted by molar-refractivity contribution is 5.36. The highest BCUT2D eigenvalue weighted by Crippen LogP contribution is 2.20. The second kappa shape index (κ2) is 5.28. The predicted octanol–water partition coefficient (Wildman–Crippen LogP) is 2.67. The summed E-state index contributed by atoms with van der Waals surface area (Å²) in [5.74, 6) is 1.91. The summed E-state index contributed by atoms with van der Waals surface area (Å²) in [5, 5.41) is 0. The van der Waals surface area contributed by atoms with Gasteiger partial charge in [-0.05, 0) is 25.2 Å². The van der Waals surface area contributed by atoms with E-state index in [1.54, 1.807) is 0 Å². The monoisotopic (exact) mass is 219 g/mol. The Morgan fingerprint density at radius 1 is 1.25 bits per heavy atom. The minimum Gasteiger partial charge on any atom is -0.355 e. The fourth-order valence-corrected chi connectivity index (χ4v) is 2.13. The first kappa shape index (κ1) is 11.4. The van der Waals surface area contributed by atoms with Gasteiger partial charge in [-0.25, -0.2) is 4.98 Å². The van der Waals surface area contributed by atoms with Gasteiger partial charge in [-0.2, -0.15) is 0 Å². The van der Waals surface area contributed by atoms with Crippen LogP contribution >= 0.6 is 0 Å². The number of anilines is 1. The van der Waals surface area contributed by atoms with E-state index in [2.05, 4.69) is 28.7 Å². The summed E-state index contributed by atoms with van der Waals surface area (Å²) in [6, 6.07) is 0. The molecule has 1 aromatic heterocycles. The van der Waals surface area contributed by atoms with E-state index < -0.39 is 0 Å². The van der Waals surface area contributed by atoms with Crippen molar-refractivity contribution < 1.29 is 0 Å². The van der Waals surface area contributed by atoms with E-state index >= 15 is 0 Å². The molecule has 0 bridgehead atoms. The zero-order valence-corrected chi connectivity index (χ0v) is 10.3. The molecule has 3 nitrogen and oxygen atoms in total. The molecule has 0 N–H and O–H groups in total.